The van der Waals surface area contributed by atoms with Gasteiger partial charge in [-0.3, -0.25) is 14.4 Å². The van der Waals surface area contributed by atoms with Crippen LogP contribution in [0.5, 0.6) is 0 Å². The van der Waals surface area contributed by atoms with Crippen LogP contribution >= 0.6 is 0 Å². The lowest BCUT2D eigenvalue weighted by molar-refractivity contribution is -0.130. The van der Waals surface area contributed by atoms with Crippen LogP contribution < -0.4 is 4.90 Å². The molecule has 0 N–H and O–H groups in total. The molecular weight excluding hydrogens is 578 g/mol. The Morgan fingerprint density at radius 2 is 0.830 bits per heavy atom. The fourth-order valence-corrected chi connectivity index (χ4v) is 8.97. The van der Waals surface area contributed by atoms with Crippen LogP contribution in [-0.4, -0.2) is 17.6 Å². The van der Waals surface area contributed by atoms with Crippen molar-refractivity contribution >= 4 is 45.2 Å². The number of fused-ring (bicyclic) bond motifs is 6. The summed E-state index contributed by atoms with van der Waals surface area (Å²) in [6, 6.07) is 52.7. The van der Waals surface area contributed by atoms with Crippen molar-refractivity contribution in [2.45, 2.75) is 10.8 Å². The van der Waals surface area contributed by atoms with Gasteiger partial charge in [-0.25, -0.2) is 4.90 Å². The first-order chi connectivity index (χ1) is 23.1. The third-order valence-corrected chi connectivity index (χ3v) is 10.6. The molecule has 2 aliphatic carbocycles. The topological polar surface area (TPSA) is 54.5 Å². The lowest BCUT2D eigenvalue weighted by Gasteiger charge is -2.39. The smallest absolute Gasteiger partial charge is 0.239 e. The number of amides is 2. The molecule has 4 nitrogen and oxygen atoms in total. The number of benzene rings is 6. The molecule has 1 heterocycles. The molecule has 6 aromatic rings. The van der Waals surface area contributed by atoms with Gasteiger partial charge in [0.2, 0.25) is 11.8 Å². The average Bonchev–Trinajstić information content (AvgIpc) is 3.65. The molecule has 4 atom stereocenters. The van der Waals surface area contributed by atoms with E-state index < -0.39 is 22.7 Å². The molecule has 1 aliphatic heterocycles. The molecule has 2 amide bonds. The molecule has 224 valence electrons. The Hall–Kier alpha value is -5.87. The Kier molecular flexibility index (Phi) is 5.88. The number of carbonyl (C=O) groups is 3. The van der Waals surface area contributed by atoms with Crippen LogP contribution in [0.3, 0.4) is 0 Å². The van der Waals surface area contributed by atoms with Gasteiger partial charge in [-0.2, -0.15) is 0 Å². The maximum atomic E-state index is 16.0. The second-order valence-corrected chi connectivity index (χ2v) is 12.6. The summed E-state index contributed by atoms with van der Waals surface area (Å²) in [5.41, 5.74) is 2.49. The fraction of sp³-hybridized carbons (Fsp3) is 0.0930. The van der Waals surface area contributed by atoms with Crippen LogP contribution in [0, 0.1) is 11.8 Å². The largest absolute Gasteiger partial charge is 0.297 e. The highest BCUT2D eigenvalue weighted by molar-refractivity contribution is 6.39. The Morgan fingerprint density at radius 3 is 1.32 bits per heavy atom. The normalized spacial score (nSPS) is 24.8. The molecule has 0 radical (unpaired) electrons. The Balaban J connectivity index is 1.45. The number of anilines is 1. The van der Waals surface area contributed by atoms with Gasteiger partial charge in [0.05, 0.1) is 28.4 Å². The van der Waals surface area contributed by atoms with Crippen molar-refractivity contribution in [2.24, 2.45) is 11.8 Å². The number of rotatable bonds is 5. The minimum Gasteiger partial charge on any atom is -0.297 e. The van der Waals surface area contributed by atoms with E-state index in [0.29, 0.717) is 5.69 Å². The molecule has 0 aromatic heterocycles. The molecule has 1 saturated heterocycles. The second-order valence-electron chi connectivity index (χ2n) is 12.6. The van der Waals surface area contributed by atoms with Gasteiger partial charge in [-0.1, -0.05) is 158 Å². The minimum atomic E-state index is -1.42. The van der Waals surface area contributed by atoms with Crippen molar-refractivity contribution in [2.75, 3.05) is 4.90 Å². The van der Waals surface area contributed by atoms with Crippen molar-refractivity contribution in [3.8, 4) is 0 Å². The zero-order valence-corrected chi connectivity index (χ0v) is 25.4. The maximum absolute atomic E-state index is 16.0. The fourth-order valence-electron chi connectivity index (χ4n) is 8.97. The third kappa shape index (κ3) is 3.39. The van der Waals surface area contributed by atoms with Gasteiger partial charge >= 0.3 is 0 Å². The first-order valence-corrected chi connectivity index (χ1v) is 16.0. The van der Waals surface area contributed by atoms with Crippen molar-refractivity contribution in [1.82, 2.24) is 0 Å². The van der Waals surface area contributed by atoms with Gasteiger partial charge < -0.3 is 0 Å². The van der Waals surface area contributed by atoms with E-state index in [1.54, 1.807) is 0 Å². The van der Waals surface area contributed by atoms with Gasteiger partial charge in [0, 0.05) is 5.39 Å². The third-order valence-electron chi connectivity index (χ3n) is 10.6. The van der Waals surface area contributed by atoms with E-state index in [4.69, 9.17) is 0 Å². The van der Waals surface area contributed by atoms with Crippen LogP contribution in [0.25, 0.3) is 21.9 Å². The molecular formula is C43H29NO3. The quantitative estimate of drug-likeness (QED) is 0.187. The summed E-state index contributed by atoms with van der Waals surface area (Å²) in [5, 5.41) is 1.75. The summed E-state index contributed by atoms with van der Waals surface area (Å²) in [7, 11) is 0. The highest BCUT2D eigenvalue weighted by Crippen LogP contribution is 2.74. The zero-order valence-electron chi connectivity index (χ0n) is 25.4. The molecule has 9 rings (SSSR count). The summed E-state index contributed by atoms with van der Waals surface area (Å²) in [6.45, 7) is 0. The molecule has 3 aliphatic rings. The highest BCUT2D eigenvalue weighted by Gasteiger charge is 2.82. The molecule has 4 heteroatoms. The van der Waals surface area contributed by atoms with Crippen molar-refractivity contribution in [1.29, 1.82) is 0 Å². The van der Waals surface area contributed by atoms with Gasteiger partial charge in [-0.05, 0) is 44.9 Å². The Bertz CT molecular complexity index is 2140. The molecule has 1 saturated carbocycles. The SMILES string of the molecule is O=C1[C@@H]2[C@H](C(=O)N1c1cccc3ccccc13)[C@@]1(c3ccccc3)C(=O)[C@@]2(c2ccccc2)C(c2ccccc2)=C1c1ccccc1. The van der Waals surface area contributed by atoms with Crippen LogP contribution in [0.2, 0.25) is 0 Å². The van der Waals surface area contributed by atoms with Crippen LogP contribution in [0.4, 0.5) is 5.69 Å². The second kappa shape index (κ2) is 10.1. The number of Topliss-reactive ketones (excluding diaryl/α,β-unsaturated/α-hetero) is 1. The molecule has 2 bridgehead atoms. The van der Waals surface area contributed by atoms with Gasteiger partial charge in [0.1, 0.15) is 0 Å². The molecule has 6 aromatic carbocycles. The van der Waals surface area contributed by atoms with Gasteiger partial charge in [0.15, 0.2) is 5.78 Å². The number of imide groups is 1. The van der Waals surface area contributed by atoms with Crippen molar-refractivity contribution in [3.63, 3.8) is 0 Å². The first kappa shape index (κ1) is 27.4. The zero-order chi connectivity index (χ0) is 31.8. The van der Waals surface area contributed by atoms with E-state index in [1.807, 2.05) is 164 Å². The Labute approximate surface area is 272 Å². The molecule has 2 fully saturated rings. The van der Waals surface area contributed by atoms with Gasteiger partial charge in [0.25, 0.3) is 0 Å². The van der Waals surface area contributed by atoms with E-state index >= 15 is 14.4 Å². The standard InChI is InChI=1S/C43H29NO3/c45-39-37-38(40(46)44(39)34-27-15-21-28-16-13-14-26-33(28)34)43(32-24-11-4-12-25-32)36(30-19-7-2-8-20-30)35(29-17-5-1-6-18-29)42(37,41(43)47)31-22-9-3-10-23-31/h1-27,37-38H/t37-,38+,42-,43-/m0/s1. The predicted molar refractivity (Wildman–Crippen MR) is 184 cm³/mol. The average molecular weight is 608 g/mol. The summed E-state index contributed by atoms with van der Waals surface area (Å²) in [5.74, 6) is -2.70. The maximum Gasteiger partial charge on any atom is 0.239 e. The summed E-state index contributed by atoms with van der Waals surface area (Å²) < 4.78 is 0. The summed E-state index contributed by atoms with van der Waals surface area (Å²) in [6.07, 6.45) is 0. The van der Waals surface area contributed by atoms with Gasteiger partial charge in [-0.15, -0.1) is 0 Å². The predicted octanol–water partition coefficient (Wildman–Crippen LogP) is 8.03. The van der Waals surface area contributed by atoms with E-state index in [0.717, 1.165) is 44.2 Å². The molecule has 0 spiro atoms. The number of hydrogen-bond donors (Lipinski definition) is 0. The monoisotopic (exact) mass is 607 g/mol. The van der Waals surface area contributed by atoms with E-state index in [2.05, 4.69) is 0 Å². The molecule has 0 unspecified atom stereocenters. The van der Waals surface area contributed by atoms with Crippen LogP contribution in [0.15, 0.2) is 164 Å². The van der Waals surface area contributed by atoms with E-state index in [9.17, 15) is 0 Å². The lowest BCUT2D eigenvalue weighted by atomic mass is 9.59. The summed E-state index contributed by atoms with van der Waals surface area (Å²) >= 11 is 0. The lowest BCUT2D eigenvalue weighted by Crippen LogP contribution is -2.45. The first-order valence-electron chi connectivity index (χ1n) is 16.0. The van der Waals surface area contributed by atoms with E-state index in [1.165, 1.54) is 4.90 Å². The summed E-state index contributed by atoms with van der Waals surface area (Å²) in [4.78, 5) is 47.9. The number of nitrogens with zero attached hydrogens (tertiary/aromatic N) is 1. The minimum absolute atomic E-state index is 0.116. The number of carbonyl (C=O) groups excluding carboxylic acids is 3. The van der Waals surface area contributed by atoms with Crippen molar-refractivity contribution < 1.29 is 14.4 Å². The van der Waals surface area contributed by atoms with Crippen LogP contribution in [0.1, 0.15) is 22.3 Å². The van der Waals surface area contributed by atoms with Crippen molar-refractivity contribution in [3.05, 3.63) is 186 Å². The number of allylic oxidation sites excluding steroid dienone is 2. The van der Waals surface area contributed by atoms with E-state index in [-0.39, 0.29) is 17.6 Å². The number of ketones is 1. The highest BCUT2D eigenvalue weighted by atomic mass is 16.2. The molecule has 47 heavy (non-hydrogen) atoms. The number of hydrogen-bond acceptors (Lipinski definition) is 3. The Morgan fingerprint density at radius 1 is 0.426 bits per heavy atom. The van der Waals surface area contributed by atoms with Crippen LogP contribution in [-0.2, 0) is 25.2 Å².